The average Bonchev–Trinajstić information content (AvgIpc) is 3.14. The van der Waals surface area contributed by atoms with E-state index in [9.17, 15) is 4.79 Å². The second kappa shape index (κ2) is 7.77. The molecule has 0 bridgehead atoms. The topological polar surface area (TPSA) is 81.9 Å². The lowest BCUT2D eigenvalue weighted by Gasteiger charge is -2.13. The fourth-order valence-corrected chi connectivity index (χ4v) is 2.61. The van der Waals surface area contributed by atoms with Gasteiger partial charge in [-0.25, -0.2) is 4.68 Å². The lowest BCUT2D eigenvalue weighted by molar-refractivity contribution is -0.116. The highest BCUT2D eigenvalue weighted by molar-refractivity contribution is 5.92. The Morgan fingerprint density at radius 3 is 2.81 bits per heavy atom. The van der Waals surface area contributed by atoms with Crippen molar-refractivity contribution in [2.24, 2.45) is 0 Å². The molecule has 1 heterocycles. The van der Waals surface area contributed by atoms with E-state index in [-0.39, 0.29) is 12.3 Å². The number of aromatic nitrogens is 4. The van der Waals surface area contributed by atoms with Crippen LogP contribution < -0.4 is 10.1 Å². The molecule has 26 heavy (non-hydrogen) atoms. The van der Waals surface area contributed by atoms with Gasteiger partial charge in [0.15, 0.2) is 0 Å². The molecule has 3 rings (SSSR count). The number of benzene rings is 2. The van der Waals surface area contributed by atoms with Gasteiger partial charge in [0, 0.05) is 5.69 Å². The minimum atomic E-state index is -0.104. The summed E-state index contributed by atoms with van der Waals surface area (Å²) >= 11 is 0. The number of carbonyl (C=O) groups is 1. The molecule has 1 N–H and O–H groups in total. The van der Waals surface area contributed by atoms with Gasteiger partial charge < -0.3 is 10.1 Å². The van der Waals surface area contributed by atoms with E-state index >= 15 is 0 Å². The Morgan fingerprint density at radius 2 is 2.04 bits per heavy atom. The quantitative estimate of drug-likeness (QED) is 0.738. The molecule has 7 nitrogen and oxygen atoms in total. The van der Waals surface area contributed by atoms with Crippen LogP contribution in [0.15, 0.2) is 42.7 Å². The molecule has 134 valence electrons. The largest absolute Gasteiger partial charge is 0.493 e. The van der Waals surface area contributed by atoms with E-state index in [4.69, 9.17) is 4.74 Å². The Bertz CT molecular complexity index is 906. The first kappa shape index (κ1) is 17.6. The van der Waals surface area contributed by atoms with Gasteiger partial charge in [0.25, 0.3) is 0 Å². The first-order valence-electron chi connectivity index (χ1n) is 8.37. The molecule has 0 saturated heterocycles. The lowest BCUT2D eigenvalue weighted by Crippen LogP contribution is -2.16. The monoisotopic (exact) mass is 351 g/mol. The number of tetrazole rings is 1. The molecule has 0 aliphatic carbocycles. The minimum absolute atomic E-state index is 0.104. The molecular formula is C19H21N5O2. The summed E-state index contributed by atoms with van der Waals surface area (Å²) in [6.45, 7) is 6.24. The number of hydrogen-bond acceptors (Lipinski definition) is 5. The molecule has 1 aromatic heterocycles. The second-order valence-corrected chi connectivity index (χ2v) is 6.12. The molecular weight excluding hydrogens is 330 g/mol. The normalized spacial score (nSPS) is 10.6. The first-order valence-corrected chi connectivity index (χ1v) is 8.37. The van der Waals surface area contributed by atoms with Crippen molar-refractivity contribution in [1.29, 1.82) is 0 Å². The molecule has 3 aromatic rings. The minimum Gasteiger partial charge on any atom is -0.493 e. The molecule has 0 aliphatic heterocycles. The fraction of sp³-hybridized carbons (Fsp3) is 0.263. The van der Waals surface area contributed by atoms with Gasteiger partial charge >= 0.3 is 0 Å². The van der Waals surface area contributed by atoms with Crippen LogP contribution in [0.4, 0.5) is 5.69 Å². The lowest BCUT2D eigenvalue weighted by atomic mass is 10.1. The number of nitrogens with zero attached hydrogens (tertiary/aromatic N) is 4. The van der Waals surface area contributed by atoms with Crippen LogP contribution in [0, 0.1) is 20.8 Å². The van der Waals surface area contributed by atoms with Crippen LogP contribution in [0.3, 0.4) is 0 Å². The van der Waals surface area contributed by atoms with Gasteiger partial charge in [-0.15, -0.1) is 5.10 Å². The average molecular weight is 351 g/mol. The summed E-state index contributed by atoms with van der Waals surface area (Å²) in [5.41, 5.74) is 4.63. The predicted octanol–water partition coefficient (Wildman–Crippen LogP) is 3.00. The van der Waals surface area contributed by atoms with Crippen LogP contribution >= 0.6 is 0 Å². The van der Waals surface area contributed by atoms with Crippen LogP contribution in [0.5, 0.6) is 5.75 Å². The molecule has 1 amide bonds. The molecule has 0 spiro atoms. The molecule has 0 radical (unpaired) electrons. The maximum Gasteiger partial charge on any atom is 0.227 e. The zero-order valence-electron chi connectivity index (χ0n) is 15.1. The number of ether oxygens (including phenoxy) is 1. The van der Waals surface area contributed by atoms with Crippen LogP contribution in [-0.4, -0.2) is 32.7 Å². The van der Waals surface area contributed by atoms with E-state index in [1.165, 1.54) is 6.33 Å². The third-order valence-electron chi connectivity index (χ3n) is 4.11. The predicted molar refractivity (Wildman–Crippen MR) is 98.5 cm³/mol. The van der Waals surface area contributed by atoms with Crippen molar-refractivity contribution in [2.45, 2.75) is 27.2 Å². The van der Waals surface area contributed by atoms with Gasteiger partial charge in [0.05, 0.1) is 18.7 Å². The Balaban J connectivity index is 1.60. The van der Waals surface area contributed by atoms with Crippen molar-refractivity contribution in [3.63, 3.8) is 0 Å². The van der Waals surface area contributed by atoms with Gasteiger partial charge in [0.2, 0.25) is 5.91 Å². The van der Waals surface area contributed by atoms with E-state index in [1.54, 1.807) is 4.68 Å². The summed E-state index contributed by atoms with van der Waals surface area (Å²) in [6, 6.07) is 11.6. The van der Waals surface area contributed by atoms with Crippen molar-refractivity contribution in [1.82, 2.24) is 20.2 Å². The second-order valence-electron chi connectivity index (χ2n) is 6.12. The third kappa shape index (κ3) is 4.05. The van der Waals surface area contributed by atoms with Gasteiger partial charge in [0.1, 0.15) is 12.1 Å². The Labute approximate surface area is 152 Å². The van der Waals surface area contributed by atoms with E-state index in [2.05, 4.69) is 20.8 Å². The van der Waals surface area contributed by atoms with Gasteiger partial charge in [-0.1, -0.05) is 18.2 Å². The van der Waals surface area contributed by atoms with Crippen LogP contribution in [-0.2, 0) is 4.79 Å². The highest BCUT2D eigenvalue weighted by Crippen LogP contribution is 2.22. The van der Waals surface area contributed by atoms with Crippen molar-refractivity contribution in [3.05, 3.63) is 59.4 Å². The van der Waals surface area contributed by atoms with Gasteiger partial charge in [-0.3, -0.25) is 4.79 Å². The Hall–Kier alpha value is -3.22. The number of rotatable bonds is 6. The summed E-state index contributed by atoms with van der Waals surface area (Å²) in [5.74, 6) is 0.710. The Kier molecular flexibility index (Phi) is 5.26. The van der Waals surface area contributed by atoms with Crippen LogP contribution in [0.25, 0.3) is 5.69 Å². The van der Waals surface area contributed by atoms with E-state index < -0.39 is 0 Å². The van der Waals surface area contributed by atoms with Crippen molar-refractivity contribution < 1.29 is 9.53 Å². The molecule has 0 unspecified atom stereocenters. The first-order chi connectivity index (χ1) is 12.5. The van der Waals surface area contributed by atoms with E-state index in [0.717, 1.165) is 33.8 Å². The number of amides is 1. The van der Waals surface area contributed by atoms with Crippen molar-refractivity contribution in [2.75, 3.05) is 11.9 Å². The molecule has 2 aromatic carbocycles. The van der Waals surface area contributed by atoms with E-state index in [0.29, 0.717) is 6.61 Å². The maximum atomic E-state index is 12.3. The SMILES string of the molecule is Cc1ccc(C)c(OCCC(=O)Nc2cccc(-n3cnnn3)c2C)c1. The Morgan fingerprint density at radius 1 is 1.19 bits per heavy atom. The highest BCUT2D eigenvalue weighted by Gasteiger charge is 2.10. The standard InChI is InChI=1S/C19H21N5O2/c1-13-7-8-14(2)18(11-13)26-10-9-19(25)21-16-5-4-6-17(15(16)3)24-12-20-22-23-24/h4-8,11-12H,9-10H2,1-3H3,(H,21,25). The fourth-order valence-electron chi connectivity index (χ4n) is 2.61. The zero-order valence-corrected chi connectivity index (χ0v) is 15.1. The molecule has 0 saturated carbocycles. The van der Waals surface area contributed by atoms with Gasteiger partial charge in [-0.05, 0) is 66.1 Å². The van der Waals surface area contributed by atoms with E-state index in [1.807, 2.05) is 57.2 Å². The highest BCUT2D eigenvalue weighted by atomic mass is 16.5. The number of carbonyl (C=O) groups excluding carboxylic acids is 1. The number of aryl methyl sites for hydroxylation is 2. The van der Waals surface area contributed by atoms with Crippen molar-refractivity contribution >= 4 is 11.6 Å². The molecule has 7 heteroatoms. The van der Waals surface area contributed by atoms with Crippen molar-refractivity contribution in [3.8, 4) is 11.4 Å². The number of hydrogen-bond donors (Lipinski definition) is 1. The molecule has 0 atom stereocenters. The summed E-state index contributed by atoms with van der Waals surface area (Å²) < 4.78 is 7.31. The summed E-state index contributed by atoms with van der Waals surface area (Å²) in [4.78, 5) is 12.3. The number of nitrogens with one attached hydrogen (secondary N) is 1. The van der Waals surface area contributed by atoms with Crippen LogP contribution in [0.1, 0.15) is 23.1 Å². The summed E-state index contributed by atoms with van der Waals surface area (Å²) in [7, 11) is 0. The zero-order chi connectivity index (χ0) is 18.5. The summed E-state index contributed by atoms with van der Waals surface area (Å²) in [6.07, 6.45) is 1.79. The smallest absolute Gasteiger partial charge is 0.227 e. The molecule has 0 aliphatic rings. The molecule has 0 fully saturated rings. The number of anilines is 1. The summed E-state index contributed by atoms with van der Waals surface area (Å²) in [5, 5.41) is 14.1. The van der Waals surface area contributed by atoms with Crippen LogP contribution in [0.2, 0.25) is 0 Å². The maximum absolute atomic E-state index is 12.3. The van der Waals surface area contributed by atoms with Gasteiger partial charge in [-0.2, -0.15) is 0 Å². The third-order valence-corrected chi connectivity index (χ3v) is 4.11.